The van der Waals surface area contributed by atoms with Crippen LogP contribution in [-0.4, -0.2) is 23.6 Å². The Kier molecular flexibility index (Phi) is 4.94. The van der Waals surface area contributed by atoms with Gasteiger partial charge in [0.1, 0.15) is 10.7 Å². The molecule has 0 radical (unpaired) electrons. The van der Waals surface area contributed by atoms with Gasteiger partial charge in [0.15, 0.2) is 0 Å². The van der Waals surface area contributed by atoms with Gasteiger partial charge < -0.3 is 5.32 Å². The van der Waals surface area contributed by atoms with Gasteiger partial charge in [0, 0.05) is 6.04 Å². The number of H-pyrrole nitrogens is 1. The molecule has 1 aromatic carbocycles. The lowest BCUT2D eigenvalue weighted by molar-refractivity contribution is 0.600. The Hall–Kier alpha value is -2.87. The first-order valence-corrected chi connectivity index (χ1v) is 9.67. The van der Waals surface area contributed by atoms with E-state index in [0.29, 0.717) is 22.9 Å². The number of nitrogens with one attached hydrogen (secondary N) is 3. The van der Waals surface area contributed by atoms with E-state index in [1.165, 1.54) is 6.20 Å². The van der Waals surface area contributed by atoms with Crippen LogP contribution in [0.25, 0.3) is 0 Å². The van der Waals surface area contributed by atoms with Crippen LogP contribution in [-0.2, 0) is 10.0 Å². The molecule has 3 aromatic rings. The van der Waals surface area contributed by atoms with Crippen LogP contribution < -0.4 is 10.0 Å². The van der Waals surface area contributed by atoms with E-state index in [2.05, 4.69) is 25.2 Å². The SMILES string of the molecule is Cc1n[nH]c(C)c1S(=O)(=O)Nc1ccc(NC(C)c2ccccc2)nc1. The molecule has 0 aliphatic rings. The summed E-state index contributed by atoms with van der Waals surface area (Å²) in [5, 5.41) is 9.90. The van der Waals surface area contributed by atoms with Crippen molar-refractivity contribution in [3.63, 3.8) is 0 Å². The van der Waals surface area contributed by atoms with Gasteiger partial charge in [-0.05, 0) is 38.5 Å². The highest BCUT2D eigenvalue weighted by Gasteiger charge is 2.22. The number of rotatable bonds is 6. The Bertz CT molecular complexity index is 963. The number of anilines is 2. The summed E-state index contributed by atoms with van der Waals surface area (Å²) in [6, 6.07) is 13.5. The van der Waals surface area contributed by atoms with Crippen molar-refractivity contribution in [3.05, 3.63) is 65.6 Å². The van der Waals surface area contributed by atoms with E-state index < -0.39 is 10.0 Å². The number of hydrogen-bond donors (Lipinski definition) is 3. The van der Waals surface area contributed by atoms with E-state index >= 15 is 0 Å². The van der Waals surface area contributed by atoms with Crippen LogP contribution in [0.1, 0.15) is 29.9 Å². The molecule has 26 heavy (non-hydrogen) atoms. The third kappa shape index (κ3) is 3.85. The molecule has 0 fully saturated rings. The zero-order valence-corrected chi connectivity index (χ0v) is 15.6. The number of aryl methyl sites for hydroxylation is 2. The average Bonchev–Trinajstić information content (AvgIpc) is 2.96. The van der Waals surface area contributed by atoms with Crippen molar-refractivity contribution in [2.75, 3.05) is 10.0 Å². The molecular weight excluding hydrogens is 350 g/mol. The first-order valence-electron chi connectivity index (χ1n) is 8.19. The standard InChI is InChI=1S/C18H21N5O2S/c1-12(15-7-5-4-6-8-15)20-17-10-9-16(11-19-17)23-26(24,25)18-13(2)21-22-14(18)3/h4-12,23H,1-3H3,(H,19,20)(H,21,22). The van der Waals surface area contributed by atoms with Crippen LogP contribution >= 0.6 is 0 Å². The number of nitrogens with zero attached hydrogens (tertiary/aromatic N) is 2. The molecule has 0 saturated carbocycles. The number of pyridine rings is 1. The minimum Gasteiger partial charge on any atom is -0.364 e. The van der Waals surface area contributed by atoms with Crippen molar-refractivity contribution in [2.24, 2.45) is 0 Å². The van der Waals surface area contributed by atoms with E-state index in [-0.39, 0.29) is 10.9 Å². The van der Waals surface area contributed by atoms with Gasteiger partial charge in [-0.15, -0.1) is 0 Å². The summed E-state index contributed by atoms with van der Waals surface area (Å²) in [7, 11) is -3.71. The quantitative estimate of drug-likeness (QED) is 0.617. The van der Waals surface area contributed by atoms with E-state index in [1.54, 1.807) is 26.0 Å². The van der Waals surface area contributed by atoms with Crippen LogP contribution in [0.4, 0.5) is 11.5 Å². The molecule has 136 valence electrons. The van der Waals surface area contributed by atoms with Crippen molar-refractivity contribution < 1.29 is 8.42 Å². The van der Waals surface area contributed by atoms with Crippen molar-refractivity contribution in [1.29, 1.82) is 0 Å². The number of aromatic nitrogens is 3. The lowest BCUT2D eigenvalue weighted by Gasteiger charge is -2.15. The molecule has 7 nitrogen and oxygen atoms in total. The third-order valence-corrected chi connectivity index (χ3v) is 5.65. The maximum Gasteiger partial charge on any atom is 0.265 e. The fraction of sp³-hybridized carbons (Fsp3) is 0.222. The third-order valence-electron chi connectivity index (χ3n) is 4.01. The molecule has 2 heterocycles. The zero-order chi connectivity index (χ0) is 18.7. The molecule has 0 bridgehead atoms. The van der Waals surface area contributed by atoms with Crippen molar-refractivity contribution >= 4 is 21.5 Å². The molecule has 0 spiro atoms. The van der Waals surface area contributed by atoms with Crippen LogP contribution in [0.3, 0.4) is 0 Å². The first-order chi connectivity index (χ1) is 12.4. The Morgan fingerprint density at radius 3 is 2.38 bits per heavy atom. The molecule has 3 rings (SSSR count). The highest BCUT2D eigenvalue weighted by molar-refractivity contribution is 7.92. The first kappa shape index (κ1) is 17.9. The second-order valence-electron chi connectivity index (χ2n) is 6.08. The van der Waals surface area contributed by atoms with Gasteiger partial charge in [0.2, 0.25) is 0 Å². The fourth-order valence-electron chi connectivity index (χ4n) is 2.73. The van der Waals surface area contributed by atoms with Crippen LogP contribution in [0.2, 0.25) is 0 Å². The Labute approximate surface area is 152 Å². The summed E-state index contributed by atoms with van der Waals surface area (Å²) < 4.78 is 27.6. The summed E-state index contributed by atoms with van der Waals surface area (Å²) in [6.07, 6.45) is 1.49. The Morgan fingerprint density at radius 2 is 1.81 bits per heavy atom. The molecule has 1 unspecified atom stereocenters. The number of aromatic amines is 1. The molecule has 3 N–H and O–H groups in total. The molecule has 8 heteroatoms. The van der Waals surface area contributed by atoms with Gasteiger partial charge in [0.05, 0.1) is 23.3 Å². The second-order valence-corrected chi connectivity index (χ2v) is 7.70. The number of benzene rings is 1. The molecule has 0 aliphatic heterocycles. The number of hydrogen-bond acceptors (Lipinski definition) is 5. The predicted octanol–water partition coefficient (Wildman–Crippen LogP) is 3.40. The van der Waals surface area contributed by atoms with E-state index in [0.717, 1.165) is 5.56 Å². The zero-order valence-electron chi connectivity index (χ0n) is 14.8. The predicted molar refractivity (Wildman–Crippen MR) is 102 cm³/mol. The topological polar surface area (TPSA) is 99.8 Å². The normalized spacial score (nSPS) is 12.6. The molecule has 2 aromatic heterocycles. The van der Waals surface area contributed by atoms with E-state index in [9.17, 15) is 8.42 Å². The van der Waals surface area contributed by atoms with Crippen LogP contribution in [0, 0.1) is 13.8 Å². The summed E-state index contributed by atoms with van der Waals surface area (Å²) in [4.78, 5) is 4.46. The highest BCUT2D eigenvalue weighted by Crippen LogP contribution is 2.22. The van der Waals surface area contributed by atoms with Crippen molar-refractivity contribution in [2.45, 2.75) is 31.7 Å². The average molecular weight is 371 g/mol. The van der Waals surface area contributed by atoms with Gasteiger partial charge in [0.25, 0.3) is 10.0 Å². The summed E-state index contributed by atoms with van der Waals surface area (Å²) in [5.74, 6) is 0.667. The molecule has 0 aliphatic carbocycles. The molecule has 0 amide bonds. The van der Waals surface area contributed by atoms with Gasteiger partial charge in [-0.25, -0.2) is 13.4 Å². The van der Waals surface area contributed by atoms with Crippen LogP contribution in [0.5, 0.6) is 0 Å². The maximum absolute atomic E-state index is 12.5. The van der Waals surface area contributed by atoms with Crippen molar-refractivity contribution in [3.8, 4) is 0 Å². The van der Waals surface area contributed by atoms with Gasteiger partial charge >= 0.3 is 0 Å². The molecular formula is C18H21N5O2S. The monoisotopic (exact) mass is 371 g/mol. The highest BCUT2D eigenvalue weighted by atomic mass is 32.2. The smallest absolute Gasteiger partial charge is 0.265 e. The lowest BCUT2D eigenvalue weighted by Crippen LogP contribution is -2.15. The maximum atomic E-state index is 12.5. The Balaban J connectivity index is 1.72. The second kappa shape index (κ2) is 7.17. The van der Waals surface area contributed by atoms with E-state index in [4.69, 9.17) is 0 Å². The summed E-state index contributed by atoms with van der Waals surface area (Å²) in [5.41, 5.74) is 2.46. The Morgan fingerprint density at radius 1 is 1.08 bits per heavy atom. The largest absolute Gasteiger partial charge is 0.364 e. The summed E-state index contributed by atoms with van der Waals surface area (Å²) >= 11 is 0. The minimum absolute atomic E-state index is 0.0856. The molecule has 1 atom stereocenters. The fourth-order valence-corrected chi connectivity index (χ4v) is 4.15. The van der Waals surface area contributed by atoms with Gasteiger partial charge in [-0.2, -0.15) is 5.10 Å². The molecule has 0 saturated heterocycles. The van der Waals surface area contributed by atoms with Crippen LogP contribution in [0.15, 0.2) is 53.6 Å². The van der Waals surface area contributed by atoms with Gasteiger partial charge in [-0.3, -0.25) is 9.82 Å². The van der Waals surface area contributed by atoms with Gasteiger partial charge in [-0.1, -0.05) is 30.3 Å². The number of sulfonamides is 1. The van der Waals surface area contributed by atoms with E-state index in [1.807, 2.05) is 37.3 Å². The minimum atomic E-state index is -3.71. The van der Waals surface area contributed by atoms with Crippen molar-refractivity contribution in [1.82, 2.24) is 15.2 Å². The summed E-state index contributed by atoms with van der Waals surface area (Å²) in [6.45, 7) is 5.36. The lowest BCUT2D eigenvalue weighted by atomic mass is 10.1.